The number of methoxy groups -OCH3 is 2. The number of nitrogens with zero attached hydrogens (tertiary/aromatic N) is 2. The van der Waals surface area contributed by atoms with Crippen LogP contribution in [0.25, 0.3) is 11.5 Å². The molecule has 0 aliphatic heterocycles. The van der Waals surface area contributed by atoms with Gasteiger partial charge in [-0.25, -0.2) is 4.39 Å². The maximum atomic E-state index is 13.7. The molecule has 7 nitrogen and oxygen atoms in total. The van der Waals surface area contributed by atoms with E-state index in [2.05, 4.69) is 15.5 Å². The van der Waals surface area contributed by atoms with Crippen LogP contribution in [0.4, 0.5) is 4.39 Å². The van der Waals surface area contributed by atoms with Gasteiger partial charge in [0.15, 0.2) is 11.5 Å². The molecule has 2 aromatic carbocycles. The van der Waals surface area contributed by atoms with Gasteiger partial charge in [-0.1, -0.05) is 30.0 Å². The minimum absolute atomic E-state index is 0.0753. The van der Waals surface area contributed by atoms with Gasteiger partial charge >= 0.3 is 0 Å². The lowest BCUT2D eigenvalue weighted by Crippen LogP contribution is -2.24. The van der Waals surface area contributed by atoms with E-state index in [1.165, 1.54) is 6.07 Å². The molecule has 0 spiro atoms. The monoisotopic (exact) mass is 403 g/mol. The lowest BCUT2D eigenvalue weighted by molar-refractivity contribution is -0.118. The molecule has 0 radical (unpaired) electrons. The lowest BCUT2D eigenvalue weighted by Gasteiger charge is -2.10. The average molecular weight is 403 g/mol. The Morgan fingerprint density at radius 2 is 1.93 bits per heavy atom. The van der Waals surface area contributed by atoms with Gasteiger partial charge in [0, 0.05) is 6.54 Å². The summed E-state index contributed by atoms with van der Waals surface area (Å²) in [7, 11) is 3.11. The molecular formula is C19H18FN3O4S. The maximum Gasteiger partial charge on any atom is 0.277 e. The van der Waals surface area contributed by atoms with Gasteiger partial charge in [0.2, 0.25) is 5.91 Å². The Morgan fingerprint density at radius 3 is 2.68 bits per heavy atom. The molecule has 0 saturated heterocycles. The van der Waals surface area contributed by atoms with Crippen LogP contribution in [0.2, 0.25) is 0 Å². The number of amides is 1. The number of carbonyl (C=O) groups excluding carboxylic acids is 1. The molecular weight excluding hydrogens is 385 g/mol. The predicted octanol–water partition coefficient (Wildman–Crippen LogP) is 3.30. The van der Waals surface area contributed by atoms with Crippen LogP contribution in [0.5, 0.6) is 11.5 Å². The second kappa shape index (κ2) is 9.23. The number of hydrogen-bond donors (Lipinski definition) is 1. The van der Waals surface area contributed by atoms with Gasteiger partial charge in [0.25, 0.3) is 11.1 Å². The number of nitrogens with one attached hydrogen (secondary N) is 1. The Balaban J connectivity index is 1.52. The van der Waals surface area contributed by atoms with E-state index < -0.39 is 5.82 Å². The SMILES string of the molecule is COc1ccc(CNC(=O)CSc2nnc(-c3ccccc3F)o2)cc1OC. The maximum absolute atomic E-state index is 13.7. The molecule has 1 aromatic heterocycles. The van der Waals surface area contributed by atoms with Crippen LogP contribution in [-0.2, 0) is 11.3 Å². The van der Waals surface area contributed by atoms with E-state index in [4.69, 9.17) is 13.9 Å². The standard InChI is InChI=1S/C19H18FN3O4S/c1-25-15-8-7-12(9-16(15)26-2)10-21-17(24)11-28-19-23-22-18(27-19)13-5-3-4-6-14(13)20/h3-9H,10-11H2,1-2H3,(H,21,24). The Hall–Kier alpha value is -3.07. The number of hydrogen-bond acceptors (Lipinski definition) is 7. The molecule has 0 bridgehead atoms. The summed E-state index contributed by atoms with van der Waals surface area (Å²) in [6.45, 7) is 0.337. The molecule has 0 unspecified atom stereocenters. The highest BCUT2D eigenvalue weighted by Crippen LogP contribution is 2.27. The first-order valence-electron chi connectivity index (χ1n) is 8.29. The van der Waals surface area contributed by atoms with Crippen molar-refractivity contribution in [2.45, 2.75) is 11.8 Å². The summed E-state index contributed by atoms with van der Waals surface area (Å²) in [5, 5.41) is 10.6. The zero-order valence-corrected chi connectivity index (χ0v) is 16.1. The third-order valence-corrected chi connectivity index (χ3v) is 4.59. The number of aromatic nitrogens is 2. The fourth-order valence-corrected chi connectivity index (χ4v) is 2.97. The van der Waals surface area contributed by atoms with Crippen molar-refractivity contribution in [1.82, 2.24) is 15.5 Å². The number of ether oxygens (including phenoxy) is 2. The van der Waals surface area contributed by atoms with Crippen LogP contribution in [-0.4, -0.2) is 36.1 Å². The zero-order valence-electron chi connectivity index (χ0n) is 15.3. The van der Waals surface area contributed by atoms with Crippen LogP contribution in [0.3, 0.4) is 0 Å². The van der Waals surface area contributed by atoms with Crippen molar-refractivity contribution in [1.29, 1.82) is 0 Å². The summed E-state index contributed by atoms with van der Waals surface area (Å²) in [6, 6.07) is 11.5. The minimum Gasteiger partial charge on any atom is -0.493 e. The third kappa shape index (κ3) is 4.80. The molecule has 0 aliphatic rings. The van der Waals surface area contributed by atoms with Gasteiger partial charge in [0.05, 0.1) is 25.5 Å². The van der Waals surface area contributed by atoms with E-state index in [0.29, 0.717) is 18.0 Å². The smallest absolute Gasteiger partial charge is 0.277 e. The molecule has 1 N–H and O–H groups in total. The van der Waals surface area contributed by atoms with Crippen LogP contribution < -0.4 is 14.8 Å². The van der Waals surface area contributed by atoms with E-state index in [-0.39, 0.29) is 28.3 Å². The summed E-state index contributed by atoms with van der Waals surface area (Å²) in [5.74, 6) is 0.726. The van der Waals surface area contributed by atoms with Gasteiger partial charge in [-0.3, -0.25) is 4.79 Å². The fourth-order valence-electron chi connectivity index (χ4n) is 2.38. The zero-order chi connectivity index (χ0) is 19.9. The summed E-state index contributed by atoms with van der Waals surface area (Å²) < 4.78 is 29.6. The highest BCUT2D eigenvalue weighted by molar-refractivity contribution is 7.99. The number of benzene rings is 2. The van der Waals surface area contributed by atoms with Crippen LogP contribution in [0.1, 0.15) is 5.56 Å². The molecule has 9 heteroatoms. The van der Waals surface area contributed by atoms with E-state index in [1.54, 1.807) is 44.6 Å². The van der Waals surface area contributed by atoms with Crippen molar-refractivity contribution in [2.75, 3.05) is 20.0 Å². The van der Waals surface area contributed by atoms with Gasteiger partial charge in [-0.15, -0.1) is 10.2 Å². The van der Waals surface area contributed by atoms with Crippen molar-refractivity contribution in [3.8, 4) is 23.0 Å². The van der Waals surface area contributed by atoms with E-state index in [0.717, 1.165) is 17.3 Å². The lowest BCUT2D eigenvalue weighted by atomic mass is 10.2. The number of thioether (sulfide) groups is 1. The molecule has 0 fully saturated rings. The van der Waals surface area contributed by atoms with Crippen molar-refractivity contribution >= 4 is 17.7 Å². The summed E-state index contributed by atoms with van der Waals surface area (Å²) in [5.41, 5.74) is 1.09. The molecule has 1 heterocycles. The van der Waals surface area contributed by atoms with Gasteiger partial charge in [0.1, 0.15) is 5.82 Å². The summed E-state index contributed by atoms with van der Waals surface area (Å²) in [4.78, 5) is 12.1. The Bertz CT molecular complexity index is 964. The minimum atomic E-state index is -0.449. The molecule has 28 heavy (non-hydrogen) atoms. The third-order valence-electron chi connectivity index (χ3n) is 3.78. The summed E-state index contributed by atoms with van der Waals surface area (Å²) in [6.07, 6.45) is 0. The molecule has 0 aliphatic carbocycles. The molecule has 3 rings (SSSR count). The highest BCUT2D eigenvalue weighted by atomic mass is 32.2. The molecule has 0 atom stereocenters. The average Bonchev–Trinajstić information content (AvgIpc) is 3.19. The van der Waals surface area contributed by atoms with Crippen molar-refractivity contribution in [2.24, 2.45) is 0 Å². The van der Waals surface area contributed by atoms with E-state index >= 15 is 0 Å². The Morgan fingerprint density at radius 1 is 1.14 bits per heavy atom. The second-order valence-corrected chi connectivity index (χ2v) is 6.53. The molecule has 0 saturated carbocycles. The normalized spacial score (nSPS) is 10.5. The van der Waals surface area contributed by atoms with Crippen molar-refractivity contribution in [3.05, 3.63) is 53.8 Å². The molecule has 146 valence electrons. The quantitative estimate of drug-likeness (QED) is 0.578. The molecule has 3 aromatic rings. The van der Waals surface area contributed by atoms with Crippen LogP contribution >= 0.6 is 11.8 Å². The number of halogens is 1. The molecule has 1 amide bonds. The largest absolute Gasteiger partial charge is 0.493 e. The summed E-state index contributed by atoms with van der Waals surface area (Å²) >= 11 is 1.08. The van der Waals surface area contributed by atoms with E-state index in [1.807, 2.05) is 6.07 Å². The second-order valence-electron chi connectivity index (χ2n) is 5.61. The first-order valence-corrected chi connectivity index (χ1v) is 9.28. The first-order chi connectivity index (χ1) is 13.6. The van der Waals surface area contributed by atoms with Gasteiger partial charge in [-0.05, 0) is 29.8 Å². The van der Waals surface area contributed by atoms with Gasteiger partial charge < -0.3 is 19.2 Å². The van der Waals surface area contributed by atoms with E-state index in [9.17, 15) is 9.18 Å². The predicted molar refractivity (Wildman–Crippen MR) is 102 cm³/mol. The van der Waals surface area contributed by atoms with Crippen LogP contribution in [0.15, 0.2) is 52.1 Å². The highest BCUT2D eigenvalue weighted by Gasteiger charge is 2.14. The topological polar surface area (TPSA) is 86.5 Å². The Kier molecular flexibility index (Phi) is 6.49. The Labute approximate surface area is 165 Å². The van der Waals surface area contributed by atoms with Crippen LogP contribution in [0, 0.1) is 5.82 Å². The first kappa shape index (κ1) is 19.7. The number of carbonyl (C=O) groups is 1. The van der Waals surface area contributed by atoms with Crippen molar-refractivity contribution < 1.29 is 23.1 Å². The van der Waals surface area contributed by atoms with Crippen molar-refractivity contribution in [3.63, 3.8) is 0 Å². The number of rotatable bonds is 8. The van der Waals surface area contributed by atoms with Gasteiger partial charge in [-0.2, -0.15) is 0 Å². The fraction of sp³-hybridized carbons (Fsp3) is 0.211.